The Morgan fingerprint density at radius 3 is 2.33 bits per heavy atom. The summed E-state index contributed by atoms with van der Waals surface area (Å²) in [6, 6.07) is 12.4. The average molecular weight is 505 g/mol. The summed E-state index contributed by atoms with van der Waals surface area (Å²) in [5, 5.41) is 11.4. The van der Waals surface area contributed by atoms with Crippen molar-refractivity contribution >= 4 is 39.7 Å². The molecule has 1 aromatic heterocycles. The van der Waals surface area contributed by atoms with Crippen LogP contribution in [0.15, 0.2) is 66.8 Å². The van der Waals surface area contributed by atoms with Gasteiger partial charge in [0.1, 0.15) is 23.9 Å². The van der Waals surface area contributed by atoms with E-state index in [2.05, 4.69) is 11.6 Å². The molecule has 2 heterocycles. The summed E-state index contributed by atoms with van der Waals surface area (Å²) >= 11 is 1.03. The summed E-state index contributed by atoms with van der Waals surface area (Å²) < 4.78 is 10.7. The first-order valence-electron chi connectivity index (χ1n) is 11.0. The summed E-state index contributed by atoms with van der Waals surface area (Å²) in [4.78, 5) is 44.7. The maximum atomic E-state index is 13.3. The number of aliphatic hydroxyl groups is 1. The van der Waals surface area contributed by atoms with Gasteiger partial charge in [0.25, 0.3) is 5.78 Å². The number of amides is 1. The van der Waals surface area contributed by atoms with Gasteiger partial charge in [0.2, 0.25) is 0 Å². The van der Waals surface area contributed by atoms with Crippen LogP contribution in [0, 0.1) is 6.92 Å². The van der Waals surface area contributed by atoms with Gasteiger partial charge < -0.3 is 14.6 Å². The summed E-state index contributed by atoms with van der Waals surface area (Å²) in [5.41, 5.74) is 1.30. The maximum absolute atomic E-state index is 13.3. The van der Waals surface area contributed by atoms with Crippen LogP contribution in [0.5, 0.6) is 11.5 Å². The van der Waals surface area contributed by atoms with Gasteiger partial charge in [0, 0.05) is 12.5 Å². The number of hydrogen-bond donors (Lipinski definition) is 1. The molecule has 1 aliphatic rings. The van der Waals surface area contributed by atoms with E-state index in [-0.39, 0.29) is 22.2 Å². The van der Waals surface area contributed by atoms with Gasteiger partial charge in [-0.1, -0.05) is 36.1 Å². The zero-order chi connectivity index (χ0) is 26.0. The number of aliphatic hydroxyl groups excluding tert-OH is 1. The van der Waals surface area contributed by atoms with Crippen LogP contribution in [0.25, 0.3) is 5.76 Å². The van der Waals surface area contributed by atoms with Crippen molar-refractivity contribution in [1.29, 1.82) is 0 Å². The minimum Gasteiger partial charge on any atom is -0.507 e. The predicted molar refractivity (Wildman–Crippen MR) is 137 cm³/mol. The lowest BCUT2D eigenvalue weighted by atomic mass is 9.95. The van der Waals surface area contributed by atoms with Crippen molar-refractivity contribution in [3.05, 3.63) is 88.5 Å². The first-order chi connectivity index (χ1) is 17.3. The van der Waals surface area contributed by atoms with E-state index >= 15 is 0 Å². The van der Waals surface area contributed by atoms with Gasteiger partial charge in [0.15, 0.2) is 10.9 Å². The van der Waals surface area contributed by atoms with Crippen LogP contribution in [0.2, 0.25) is 0 Å². The quantitative estimate of drug-likeness (QED) is 0.154. The van der Waals surface area contributed by atoms with Crippen LogP contribution >= 0.6 is 11.3 Å². The van der Waals surface area contributed by atoms with Crippen molar-refractivity contribution in [1.82, 2.24) is 4.98 Å². The number of carbonyl (C=O) groups is 3. The van der Waals surface area contributed by atoms with E-state index < -0.39 is 17.7 Å². The minimum absolute atomic E-state index is 0.0813. The first-order valence-corrected chi connectivity index (χ1v) is 11.9. The van der Waals surface area contributed by atoms with Crippen molar-refractivity contribution < 1.29 is 29.0 Å². The van der Waals surface area contributed by atoms with Gasteiger partial charge in [-0.05, 0) is 48.9 Å². The summed E-state index contributed by atoms with van der Waals surface area (Å²) in [6.07, 6.45) is 1.62. The van der Waals surface area contributed by atoms with Crippen LogP contribution in [0.3, 0.4) is 0 Å². The fourth-order valence-corrected chi connectivity index (χ4v) is 4.95. The van der Waals surface area contributed by atoms with Crippen molar-refractivity contribution in [2.24, 2.45) is 0 Å². The SMILES string of the molecule is C=CCOc1ccc(C2/C(=C(/O)c3ccc(OC)cc3)C(=O)C(=O)N2c2nc(C)c(C(C)=O)s2)cc1. The van der Waals surface area contributed by atoms with Gasteiger partial charge in [-0.15, -0.1) is 0 Å². The molecule has 36 heavy (non-hydrogen) atoms. The fourth-order valence-electron chi connectivity index (χ4n) is 3.96. The molecule has 0 aliphatic carbocycles. The molecule has 0 spiro atoms. The smallest absolute Gasteiger partial charge is 0.301 e. The van der Waals surface area contributed by atoms with E-state index in [1.165, 1.54) is 18.9 Å². The Morgan fingerprint density at radius 2 is 1.78 bits per heavy atom. The Kier molecular flexibility index (Phi) is 7.03. The number of ketones is 2. The third-order valence-corrected chi connectivity index (χ3v) is 6.94. The molecule has 8 nitrogen and oxygen atoms in total. The zero-order valence-corrected chi connectivity index (χ0v) is 20.8. The van der Waals surface area contributed by atoms with Crippen LogP contribution in [0.4, 0.5) is 5.13 Å². The molecule has 1 unspecified atom stereocenters. The highest BCUT2D eigenvalue weighted by atomic mass is 32.1. The number of carbonyl (C=O) groups excluding carboxylic acids is 3. The van der Waals surface area contributed by atoms with E-state index in [1.807, 2.05) is 0 Å². The second-order valence-corrected chi connectivity index (χ2v) is 9.01. The highest BCUT2D eigenvalue weighted by Crippen LogP contribution is 2.44. The Morgan fingerprint density at radius 1 is 1.14 bits per heavy atom. The van der Waals surface area contributed by atoms with Crippen LogP contribution in [0.1, 0.15) is 39.5 Å². The van der Waals surface area contributed by atoms with Crippen molar-refractivity contribution in [2.75, 3.05) is 18.6 Å². The summed E-state index contributed by atoms with van der Waals surface area (Å²) in [6.45, 7) is 7.04. The van der Waals surface area contributed by atoms with E-state index in [9.17, 15) is 19.5 Å². The molecule has 9 heteroatoms. The Labute approximate surface area is 212 Å². The number of thiazole rings is 1. The van der Waals surface area contributed by atoms with Gasteiger partial charge >= 0.3 is 5.91 Å². The lowest BCUT2D eigenvalue weighted by Crippen LogP contribution is -2.29. The number of rotatable bonds is 8. The van der Waals surface area contributed by atoms with Gasteiger partial charge in [-0.2, -0.15) is 0 Å². The van der Waals surface area contributed by atoms with Crippen molar-refractivity contribution in [3.8, 4) is 11.5 Å². The van der Waals surface area contributed by atoms with E-state index in [0.29, 0.717) is 39.8 Å². The normalized spacial score (nSPS) is 16.8. The molecule has 184 valence electrons. The second-order valence-electron chi connectivity index (χ2n) is 8.03. The third-order valence-electron chi connectivity index (χ3n) is 5.68. The number of hydrogen-bond acceptors (Lipinski definition) is 8. The molecule has 0 saturated carbocycles. The number of nitrogens with zero attached hydrogens (tertiary/aromatic N) is 2. The van der Waals surface area contributed by atoms with Crippen molar-refractivity contribution in [2.45, 2.75) is 19.9 Å². The molecule has 2 aromatic carbocycles. The number of Topliss-reactive ketones (excluding diaryl/α,β-unsaturated/α-hetero) is 2. The molecule has 1 amide bonds. The van der Waals surface area contributed by atoms with Gasteiger partial charge in [0.05, 0.1) is 29.3 Å². The number of ether oxygens (including phenoxy) is 2. The van der Waals surface area contributed by atoms with Crippen LogP contribution < -0.4 is 14.4 Å². The van der Waals surface area contributed by atoms with E-state index in [4.69, 9.17) is 9.47 Å². The molecule has 1 atom stereocenters. The largest absolute Gasteiger partial charge is 0.507 e. The molecule has 1 saturated heterocycles. The maximum Gasteiger partial charge on any atom is 0.301 e. The number of anilines is 1. The third kappa shape index (κ3) is 4.52. The Hall–Kier alpha value is -4.24. The number of benzene rings is 2. The Balaban J connectivity index is 1.88. The predicted octanol–water partition coefficient (Wildman–Crippen LogP) is 4.85. The standard InChI is InChI=1S/C27H24N2O6S/c1-5-14-35-20-12-6-17(7-13-20)22-21(23(31)18-8-10-19(34-4)11-9-18)24(32)26(33)29(22)27-28-15(2)25(36-27)16(3)30/h5-13,22,31H,1,14H2,2-4H3/b23-21-. The highest BCUT2D eigenvalue weighted by molar-refractivity contribution is 7.18. The topological polar surface area (TPSA) is 106 Å². The van der Waals surface area contributed by atoms with Crippen molar-refractivity contribution in [3.63, 3.8) is 0 Å². The molecule has 1 fully saturated rings. The lowest BCUT2D eigenvalue weighted by molar-refractivity contribution is -0.132. The lowest BCUT2D eigenvalue weighted by Gasteiger charge is -2.23. The fraction of sp³-hybridized carbons (Fsp3) is 0.185. The van der Waals surface area contributed by atoms with E-state index in [1.54, 1.807) is 61.5 Å². The molecule has 4 rings (SSSR count). The van der Waals surface area contributed by atoms with Gasteiger partial charge in [-0.25, -0.2) is 4.98 Å². The average Bonchev–Trinajstić information content (AvgIpc) is 3.39. The number of aryl methyl sites for hydroxylation is 1. The van der Waals surface area contributed by atoms with Crippen LogP contribution in [-0.2, 0) is 9.59 Å². The first kappa shape index (κ1) is 24.9. The molecular formula is C27H24N2O6S. The minimum atomic E-state index is -0.967. The molecule has 0 bridgehead atoms. The molecular weight excluding hydrogens is 480 g/mol. The number of aromatic nitrogens is 1. The van der Waals surface area contributed by atoms with Gasteiger partial charge in [-0.3, -0.25) is 19.3 Å². The Bertz CT molecular complexity index is 1370. The highest BCUT2D eigenvalue weighted by Gasteiger charge is 2.48. The molecule has 0 radical (unpaired) electrons. The zero-order valence-electron chi connectivity index (χ0n) is 20.0. The van der Waals surface area contributed by atoms with E-state index in [0.717, 1.165) is 11.3 Å². The second kappa shape index (κ2) is 10.2. The summed E-state index contributed by atoms with van der Waals surface area (Å²) in [5.74, 6) is -1.05. The summed E-state index contributed by atoms with van der Waals surface area (Å²) in [7, 11) is 1.52. The number of methoxy groups -OCH3 is 1. The van der Waals surface area contributed by atoms with Crippen LogP contribution in [-0.4, -0.2) is 41.3 Å². The molecule has 1 aliphatic heterocycles. The monoisotopic (exact) mass is 504 g/mol. The molecule has 1 N–H and O–H groups in total. The molecule has 3 aromatic rings.